The average Bonchev–Trinajstić information content (AvgIpc) is 3.24. The summed E-state index contributed by atoms with van der Waals surface area (Å²) in [7, 11) is 0. The van der Waals surface area contributed by atoms with Crippen LogP contribution < -0.4 is 0 Å². The van der Waals surface area contributed by atoms with Crippen molar-refractivity contribution in [2.45, 2.75) is 12.8 Å². The van der Waals surface area contributed by atoms with Crippen LogP contribution in [0.25, 0.3) is 5.69 Å². The predicted octanol–water partition coefficient (Wildman–Crippen LogP) is 0.978. The Morgan fingerprint density at radius 2 is 1.67 bits per heavy atom. The molecule has 2 aromatic rings. The summed E-state index contributed by atoms with van der Waals surface area (Å²) in [6, 6.07) is 9.49. The second-order valence-corrected chi connectivity index (χ2v) is 6.86. The molecule has 2 aliphatic heterocycles. The lowest BCUT2D eigenvalue weighted by Gasteiger charge is -2.35. The van der Waals surface area contributed by atoms with Crippen LogP contribution in [0.1, 0.15) is 23.3 Å². The van der Waals surface area contributed by atoms with Gasteiger partial charge in [0.25, 0.3) is 5.91 Å². The van der Waals surface area contributed by atoms with Gasteiger partial charge in [0, 0.05) is 32.1 Å². The number of hydrogen-bond donors (Lipinski definition) is 0. The zero-order chi connectivity index (χ0) is 18.6. The summed E-state index contributed by atoms with van der Waals surface area (Å²) < 4.78 is 5.31. The van der Waals surface area contributed by atoms with E-state index in [0.717, 1.165) is 5.69 Å². The second-order valence-electron chi connectivity index (χ2n) is 6.86. The van der Waals surface area contributed by atoms with Crippen molar-refractivity contribution in [3.8, 4) is 5.69 Å². The zero-order valence-electron chi connectivity index (χ0n) is 15.2. The number of amides is 2. The van der Waals surface area contributed by atoms with E-state index in [9.17, 15) is 9.59 Å². The number of likely N-dealkylation sites (tertiary alicyclic amines) is 1. The molecule has 2 amide bonds. The van der Waals surface area contributed by atoms with Gasteiger partial charge >= 0.3 is 0 Å². The van der Waals surface area contributed by atoms with Crippen molar-refractivity contribution in [2.75, 3.05) is 39.4 Å². The minimum Gasteiger partial charge on any atom is -0.378 e. The molecule has 27 heavy (non-hydrogen) atoms. The molecule has 0 bridgehead atoms. The van der Waals surface area contributed by atoms with Gasteiger partial charge in [0.1, 0.15) is 0 Å². The molecule has 0 atom stereocenters. The maximum atomic E-state index is 12.7. The van der Waals surface area contributed by atoms with Gasteiger partial charge in [0.2, 0.25) is 5.91 Å². The Labute approximate surface area is 157 Å². The molecule has 8 heteroatoms. The topological polar surface area (TPSA) is 80.6 Å². The lowest BCUT2D eigenvalue weighted by atomic mass is 9.95. The fourth-order valence-electron chi connectivity index (χ4n) is 3.58. The fourth-order valence-corrected chi connectivity index (χ4v) is 3.58. The standard InChI is InChI=1S/C19H23N5O3/c25-18(23-10-12-27-13-11-23)15-6-8-22(9-7-15)19(26)17-14-20-24(21-17)16-4-2-1-3-5-16/h1-5,14-15H,6-13H2. The molecular weight excluding hydrogens is 346 g/mol. The van der Waals surface area contributed by atoms with Crippen LogP contribution in [0.4, 0.5) is 0 Å². The van der Waals surface area contributed by atoms with Crippen LogP contribution in [0.15, 0.2) is 36.5 Å². The highest BCUT2D eigenvalue weighted by atomic mass is 16.5. The molecule has 1 aromatic carbocycles. The lowest BCUT2D eigenvalue weighted by molar-refractivity contribution is -0.141. The van der Waals surface area contributed by atoms with Gasteiger partial charge in [-0.2, -0.15) is 9.90 Å². The minimum absolute atomic E-state index is 0.00727. The molecule has 0 spiro atoms. The first kappa shape index (κ1) is 17.7. The van der Waals surface area contributed by atoms with Crippen LogP contribution >= 0.6 is 0 Å². The van der Waals surface area contributed by atoms with Crippen LogP contribution in [-0.2, 0) is 9.53 Å². The molecule has 0 radical (unpaired) electrons. The first-order valence-electron chi connectivity index (χ1n) is 9.36. The van der Waals surface area contributed by atoms with Crippen molar-refractivity contribution in [1.82, 2.24) is 24.8 Å². The number of benzene rings is 1. The van der Waals surface area contributed by atoms with E-state index in [0.29, 0.717) is 57.9 Å². The summed E-state index contributed by atoms with van der Waals surface area (Å²) in [4.78, 5) is 30.4. The number of morpholine rings is 1. The van der Waals surface area contributed by atoms with E-state index in [2.05, 4.69) is 10.2 Å². The largest absolute Gasteiger partial charge is 0.378 e. The molecule has 4 rings (SSSR count). The summed E-state index contributed by atoms with van der Waals surface area (Å²) in [5, 5.41) is 8.50. The quantitative estimate of drug-likeness (QED) is 0.806. The number of para-hydroxylation sites is 1. The molecule has 142 valence electrons. The van der Waals surface area contributed by atoms with E-state index >= 15 is 0 Å². The van der Waals surface area contributed by atoms with E-state index in [1.807, 2.05) is 35.2 Å². The van der Waals surface area contributed by atoms with Crippen LogP contribution in [0, 0.1) is 5.92 Å². The molecule has 2 fully saturated rings. The summed E-state index contributed by atoms with van der Waals surface area (Å²) in [5.74, 6) is 0.0574. The van der Waals surface area contributed by atoms with Gasteiger partial charge in [-0.1, -0.05) is 18.2 Å². The molecule has 8 nitrogen and oxygen atoms in total. The number of rotatable bonds is 3. The van der Waals surface area contributed by atoms with Gasteiger partial charge in [-0.3, -0.25) is 9.59 Å². The third-order valence-corrected chi connectivity index (χ3v) is 5.15. The Hall–Kier alpha value is -2.74. The van der Waals surface area contributed by atoms with Crippen LogP contribution in [0.3, 0.4) is 0 Å². The number of piperidine rings is 1. The molecule has 0 aliphatic carbocycles. The summed E-state index contributed by atoms with van der Waals surface area (Å²) in [6.07, 6.45) is 2.88. The highest BCUT2D eigenvalue weighted by Gasteiger charge is 2.31. The normalized spacial score (nSPS) is 18.5. The van der Waals surface area contributed by atoms with Crippen molar-refractivity contribution in [1.29, 1.82) is 0 Å². The number of carbonyl (C=O) groups is 2. The van der Waals surface area contributed by atoms with Gasteiger partial charge in [0.05, 0.1) is 25.1 Å². The Morgan fingerprint density at radius 3 is 2.37 bits per heavy atom. The van der Waals surface area contributed by atoms with Crippen molar-refractivity contribution in [3.63, 3.8) is 0 Å². The van der Waals surface area contributed by atoms with Gasteiger partial charge < -0.3 is 14.5 Å². The lowest BCUT2D eigenvalue weighted by Crippen LogP contribution is -2.47. The van der Waals surface area contributed by atoms with Crippen molar-refractivity contribution >= 4 is 11.8 Å². The van der Waals surface area contributed by atoms with E-state index in [1.54, 1.807) is 4.90 Å². The molecule has 2 saturated heterocycles. The van der Waals surface area contributed by atoms with Gasteiger partial charge in [-0.05, 0) is 25.0 Å². The third kappa shape index (κ3) is 3.85. The Bertz CT molecular complexity index is 793. The molecule has 3 heterocycles. The summed E-state index contributed by atoms with van der Waals surface area (Å²) >= 11 is 0. The molecule has 0 unspecified atom stereocenters. The predicted molar refractivity (Wildman–Crippen MR) is 97.4 cm³/mol. The summed E-state index contributed by atoms with van der Waals surface area (Å²) in [6.45, 7) is 3.69. The number of aromatic nitrogens is 3. The van der Waals surface area contributed by atoms with E-state index in [-0.39, 0.29) is 17.7 Å². The zero-order valence-corrected chi connectivity index (χ0v) is 15.2. The Balaban J connectivity index is 1.35. The minimum atomic E-state index is -0.130. The van der Waals surface area contributed by atoms with Gasteiger partial charge in [-0.25, -0.2) is 0 Å². The maximum Gasteiger partial charge on any atom is 0.276 e. The van der Waals surface area contributed by atoms with Crippen molar-refractivity contribution < 1.29 is 14.3 Å². The second kappa shape index (κ2) is 7.87. The van der Waals surface area contributed by atoms with E-state index in [1.165, 1.54) is 11.0 Å². The van der Waals surface area contributed by atoms with Gasteiger partial charge in [-0.15, -0.1) is 5.10 Å². The number of nitrogens with zero attached hydrogens (tertiary/aromatic N) is 5. The Morgan fingerprint density at radius 1 is 0.963 bits per heavy atom. The number of carbonyl (C=O) groups excluding carboxylic acids is 2. The SMILES string of the molecule is O=C(c1cnn(-c2ccccc2)n1)N1CCC(C(=O)N2CCOCC2)CC1. The first-order valence-corrected chi connectivity index (χ1v) is 9.36. The molecule has 2 aliphatic rings. The number of hydrogen-bond acceptors (Lipinski definition) is 5. The van der Waals surface area contributed by atoms with E-state index < -0.39 is 0 Å². The summed E-state index contributed by atoms with van der Waals surface area (Å²) in [5.41, 5.74) is 1.14. The highest BCUT2D eigenvalue weighted by molar-refractivity contribution is 5.92. The molecular formula is C19H23N5O3. The molecule has 0 saturated carbocycles. The van der Waals surface area contributed by atoms with Crippen LogP contribution in [-0.4, -0.2) is 76.0 Å². The van der Waals surface area contributed by atoms with Gasteiger partial charge in [0.15, 0.2) is 5.69 Å². The van der Waals surface area contributed by atoms with Crippen molar-refractivity contribution in [3.05, 3.63) is 42.2 Å². The molecule has 1 aromatic heterocycles. The van der Waals surface area contributed by atoms with Crippen molar-refractivity contribution in [2.24, 2.45) is 5.92 Å². The smallest absolute Gasteiger partial charge is 0.276 e. The fraction of sp³-hybridized carbons (Fsp3) is 0.474. The van der Waals surface area contributed by atoms with E-state index in [4.69, 9.17) is 4.74 Å². The van der Waals surface area contributed by atoms with Crippen LogP contribution in [0.5, 0.6) is 0 Å². The third-order valence-electron chi connectivity index (χ3n) is 5.15. The van der Waals surface area contributed by atoms with Crippen LogP contribution in [0.2, 0.25) is 0 Å². The monoisotopic (exact) mass is 369 g/mol. The highest BCUT2D eigenvalue weighted by Crippen LogP contribution is 2.21. The Kier molecular flexibility index (Phi) is 5.15. The molecule has 0 N–H and O–H groups in total. The maximum absolute atomic E-state index is 12.7. The average molecular weight is 369 g/mol. The number of ether oxygens (including phenoxy) is 1. The first-order chi connectivity index (χ1) is 13.2.